The first-order valence-corrected chi connectivity index (χ1v) is 7.78. The van der Waals surface area contributed by atoms with Crippen molar-refractivity contribution in [3.8, 4) is 5.75 Å². The van der Waals surface area contributed by atoms with Crippen LogP contribution in [0.15, 0.2) is 29.6 Å². The Morgan fingerprint density at radius 2 is 2.05 bits per heavy atom. The first kappa shape index (κ1) is 15.5. The Morgan fingerprint density at radius 1 is 1.33 bits per heavy atom. The molecule has 0 aliphatic heterocycles. The smallest absolute Gasteiger partial charge is 0.273 e. The van der Waals surface area contributed by atoms with Gasteiger partial charge in [0.25, 0.3) is 5.91 Å². The number of aryl methyl sites for hydroxylation is 2. The molecule has 0 bridgehead atoms. The first-order chi connectivity index (χ1) is 10.1. The van der Waals surface area contributed by atoms with Gasteiger partial charge in [-0.15, -0.1) is 11.3 Å². The number of nitrogens with zero attached hydrogens (tertiary/aromatic N) is 2. The van der Waals surface area contributed by atoms with Gasteiger partial charge >= 0.3 is 0 Å². The van der Waals surface area contributed by atoms with Crippen molar-refractivity contribution < 1.29 is 9.53 Å². The van der Waals surface area contributed by atoms with Gasteiger partial charge in [-0.05, 0) is 37.5 Å². The topological polar surface area (TPSA) is 42.4 Å². The number of hydrogen-bond donors (Lipinski definition) is 0. The van der Waals surface area contributed by atoms with Crippen LogP contribution in [0.4, 0.5) is 0 Å². The van der Waals surface area contributed by atoms with E-state index in [-0.39, 0.29) is 5.91 Å². The van der Waals surface area contributed by atoms with E-state index in [1.807, 2.05) is 31.5 Å². The van der Waals surface area contributed by atoms with Gasteiger partial charge in [0.05, 0.1) is 12.1 Å². The summed E-state index contributed by atoms with van der Waals surface area (Å²) in [6.45, 7) is 2.63. The zero-order valence-corrected chi connectivity index (χ0v) is 13.4. The highest BCUT2D eigenvalue weighted by molar-refractivity contribution is 7.09. The van der Waals surface area contributed by atoms with Crippen LogP contribution < -0.4 is 4.74 Å². The summed E-state index contributed by atoms with van der Waals surface area (Å²) in [6.07, 6.45) is 1.87. The van der Waals surface area contributed by atoms with Gasteiger partial charge in [-0.25, -0.2) is 4.98 Å². The quantitative estimate of drug-likeness (QED) is 0.823. The molecule has 0 saturated heterocycles. The molecule has 1 heterocycles. The van der Waals surface area contributed by atoms with E-state index in [0.717, 1.165) is 30.1 Å². The molecule has 0 atom stereocenters. The molecule has 0 aliphatic carbocycles. The van der Waals surface area contributed by atoms with Crippen molar-refractivity contribution in [1.29, 1.82) is 0 Å². The summed E-state index contributed by atoms with van der Waals surface area (Å²) < 4.78 is 5.14. The lowest BCUT2D eigenvalue weighted by molar-refractivity contribution is 0.0788. The molecular formula is C16H20N2O2S. The minimum atomic E-state index is -0.00548. The average Bonchev–Trinajstić information content (AvgIpc) is 2.93. The highest BCUT2D eigenvalue weighted by atomic mass is 32.1. The SMILES string of the molecule is COc1ccc(CCCN(C)C(=O)c2csc(C)n2)cc1. The molecule has 0 N–H and O–H groups in total. The molecule has 2 aromatic rings. The van der Waals surface area contributed by atoms with Crippen LogP contribution in [-0.2, 0) is 6.42 Å². The Labute approximate surface area is 129 Å². The van der Waals surface area contributed by atoms with Crippen molar-refractivity contribution in [2.24, 2.45) is 0 Å². The molecule has 1 amide bonds. The number of carbonyl (C=O) groups is 1. The standard InChI is InChI=1S/C16H20N2O2S/c1-12-17-15(11-21-12)16(19)18(2)10-4-5-13-6-8-14(20-3)9-7-13/h6-9,11H,4-5,10H2,1-3H3. The van der Waals surface area contributed by atoms with Gasteiger partial charge in [-0.1, -0.05) is 12.1 Å². The summed E-state index contributed by atoms with van der Waals surface area (Å²) >= 11 is 1.50. The number of rotatable bonds is 6. The maximum Gasteiger partial charge on any atom is 0.273 e. The summed E-state index contributed by atoms with van der Waals surface area (Å²) in [7, 11) is 3.49. The lowest BCUT2D eigenvalue weighted by atomic mass is 10.1. The molecule has 0 radical (unpaired) electrons. The van der Waals surface area contributed by atoms with E-state index in [9.17, 15) is 4.79 Å². The molecule has 0 unspecified atom stereocenters. The summed E-state index contributed by atoms with van der Waals surface area (Å²) in [5.41, 5.74) is 1.80. The van der Waals surface area contributed by atoms with E-state index in [2.05, 4.69) is 17.1 Å². The van der Waals surface area contributed by atoms with E-state index < -0.39 is 0 Å². The van der Waals surface area contributed by atoms with Gasteiger partial charge in [-0.3, -0.25) is 4.79 Å². The third-order valence-corrected chi connectivity index (χ3v) is 4.08. The van der Waals surface area contributed by atoms with Crippen molar-refractivity contribution in [2.75, 3.05) is 20.7 Å². The molecule has 0 fully saturated rings. The second-order valence-corrected chi connectivity index (χ2v) is 5.99. The maximum absolute atomic E-state index is 12.1. The lowest BCUT2D eigenvalue weighted by Crippen LogP contribution is -2.28. The number of thiazole rings is 1. The largest absolute Gasteiger partial charge is 0.497 e. The van der Waals surface area contributed by atoms with Crippen molar-refractivity contribution in [1.82, 2.24) is 9.88 Å². The van der Waals surface area contributed by atoms with E-state index in [0.29, 0.717) is 5.69 Å². The summed E-state index contributed by atoms with van der Waals surface area (Å²) in [4.78, 5) is 18.1. The van der Waals surface area contributed by atoms with Gasteiger partial charge in [-0.2, -0.15) is 0 Å². The van der Waals surface area contributed by atoms with E-state index in [1.165, 1.54) is 16.9 Å². The minimum absolute atomic E-state index is 0.00548. The molecule has 5 heteroatoms. The number of ether oxygens (including phenoxy) is 1. The lowest BCUT2D eigenvalue weighted by Gasteiger charge is -2.15. The normalized spacial score (nSPS) is 10.4. The highest BCUT2D eigenvalue weighted by Crippen LogP contribution is 2.13. The van der Waals surface area contributed by atoms with E-state index in [4.69, 9.17) is 4.74 Å². The Balaban J connectivity index is 1.80. The van der Waals surface area contributed by atoms with Crippen LogP contribution in [0.3, 0.4) is 0 Å². The summed E-state index contributed by atoms with van der Waals surface area (Å²) in [6, 6.07) is 8.04. The monoisotopic (exact) mass is 304 g/mol. The molecule has 2 rings (SSSR count). The molecule has 4 nitrogen and oxygen atoms in total. The molecule has 0 saturated carbocycles. The molecule has 112 valence electrons. The average molecular weight is 304 g/mol. The van der Waals surface area contributed by atoms with Crippen LogP contribution in [0.5, 0.6) is 5.75 Å². The number of aromatic nitrogens is 1. The fourth-order valence-electron chi connectivity index (χ4n) is 2.07. The van der Waals surface area contributed by atoms with Crippen LogP contribution >= 0.6 is 11.3 Å². The molecule has 21 heavy (non-hydrogen) atoms. The van der Waals surface area contributed by atoms with E-state index in [1.54, 1.807) is 12.0 Å². The van der Waals surface area contributed by atoms with Gasteiger partial charge in [0.15, 0.2) is 0 Å². The zero-order valence-electron chi connectivity index (χ0n) is 12.6. The number of carbonyl (C=O) groups excluding carboxylic acids is 1. The van der Waals surface area contributed by atoms with Gasteiger partial charge in [0.2, 0.25) is 0 Å². The Morgan fingerprint density at radius 3 is 2.62 bits per heavy atom. The molecular weight excluding hydrogens is 284 g/mol. The molecule has 0 aliphatic rings. The van der Waals surface area contributed by atoms with Crippen molar-refractivity contribution in [2.45, 2.75) is 19.8 Å². The summed E-state index contributed by atoms with van der Waals surface area (Å²) in [5.74, 6) is 0.860. The van der Waals surface area contributed by atoms with Crippen LogP contribution in [0.25, 0.3) is 0 Å². The maximum atomic E-state index is 12.1. The molecule has 1 aromatic carbocycles. The Kier molecular flexibility index (Phi) is 5.33. The zero-order chi connectivity index (χ0) is 15.2. The number of amides is 1. The second kappa shape index (κ2) is 7.22. The second-order valence-electron chi connectivity index (χ2n) is 4.93. The van der Waals surface area contributed by atoms with Crippen molar-refractivity contribution in [3.05, 3.63) is 45.9 Å². The number of benzene rings is 1. The number of hydrogen-bond acceptors (Lipinski definition) is 4. The Bertz CT molecular complexity index is 593. The third-order valence-electron chi connectivity index (χ3n) is 3.30. The fraction of sp³-hybridized carbons (Fsp3) is 0.375. The minimum Gasteiger partial charge on any atom is -0.497 e. The van der Waals surface area contributed by atoms with Crippen LogP contribution in [0.2, 0.25) is 0 Å². The van der Waals surface area contributed by atoms with Crippen LogP contribution in [0, 0.1) is 6.92 Å². The highest BCUT2D eigenvalue weighted by Gasteiger charge is 2.14. The fourth-order valence-corrected chi connectivity index (χ4v) is 2.66. The van der Waals surface area contributed by atoms with Crippen LogP contribution in [0.1, 0.15) is 27.5 Å². The van der Waals surface area contributed by atoms with Gasteiger partial charge in [0, 0.05) is 19.0 Å². The predicted octanol–water partition coefficient (Wildman–Crippen LogP) is 3.16. The first-order valence-electron chi connectivity index (χ1n) is 6.90. The third kappa shape index (κ3) is 4.29. The Hall–Kier alpha value is -1.88. The van der Waals surface area contributed by atoms with Crippen LogP contribution in [-0.4, -0.2) is 36.5 Å². The van der Waals surface area contributed by atoms with Crippen molar-refractivity contribution in [3.63, 3.8) is 0 Å². The van der Waals surface area contributed by atoms with E-state index >= 15 is 0 Å². The van der Waals surface area contributed by atoms with Gasteiger partial charge < -0.3 is 9.64 Å². The van der Waals surface area contributed by atoms with Gasteiger partial charge in [0.1, 0.15) is 11.4 Å². The van der Waals surface area contributed by atoms with Crippen molar-refractivity contribution >= 4 is 17.2 Å². The molecule has 0 spiro atoms. The summed E-state index contributed by atoms with van der Waals surface area (Å²) in [5, 5.41) is 2.74. The number of methoxy groups -OCH3 is 1. The predicted molar refractivity (Wildman–Crippen MR) is 85.1 cm³/mol. The molecule has 1 aromatic heterocycles.